The lowest BCUT2D eigenvalue weighted by Gasteiger charge is -1.81. The summed E-state index contributed by atoms with van der Waals surface area (Å²) in [5.74, 6) is 1.08. The Kier molecular flexibility index (Phi) is 8.88. The minimum Gasteiger partial charge on any atom is -0.330 e. The van der Waals surface area contributed by atoms with E-state index in [9.17, 15) is 0 Å². The van der Waals surface area contributed by atoms with Gasteiger partial charge in [-0.15, -0.1) is 12.6 Å². The molecule has 12 heavy (non-hydrogen) atoms. The van der Waals surface area contributed by atoms with E-state index in [0.29, 0.717) is 0 Å². The summed E-state index contributed by atoms with van der Waals surface area (Å²) < 4.78 is 0. The molecule has 1 aromatic rings. The number of hydrogen-bond donors (Lipinski definition) is 2. The van der Waals surface area contributed by atoms with Crippen LogP contribution >= 0.6 is 24.4 Å². The van der Waals surface area contributed by atoms with Crippen molar-refractivity contribution in [2.75, 3.05) is 18.6 Å². The highest BCUT2D eigenvalue weighted by atomic mass is 32.2. The number of thiol groups is 1. The topological polar surface area (TPSA) is 26.0 Å². The van der Waals surface area contributed by atoms with Crippen LogP contribution in [0.25, 0.3) is 0 Å². The van der Waals surface area contributed by atoms with E-state index < -0.39 is 0 Å². The standard InChI is InChI=1S/C6H6S.C3H9NS/c7-6-4-2-1-3-5-6;1-5-3-2-4/h1-5,7H;2-4H2,1H3. The minimum atomic E-state index is 0.807. The van der Waals surface area contributed by atoms with Crippen molar-refractivity contribution >= 4 is 24.4 Å². The van der Waals surface area contributed by atoms with E-state index in [0.717, 1.165) is 17.2 Å². The molecule has 0 radical (unpaired) electrons. The molecule has 3 heteroatoms. The number of thioether (sulfide) groups is 1. The zero-order valence-corrected chi connectivity index (χ0v) is 8.94. The van der Waals surface area contributed by atoms with Crippen molar-refractivity contribution in [2.24, 2.45) is 5.73 Å². The predicted octanol–water partition coefficient (Wildman–Crippen LogP) is 2.28. The van der Waals surface area contributed by atoms with Gasteiger partial charge in [0.2, 0.25) is 0 Å². The summed E-state index contributed by atoms with van der Waals surface area (Å²) in [4.78, 5) is 1.02. The monoisotopic (exact) mass is 201 g/mol. The Morgan fingerprint density at radius 2 is 1.92 bits per heavy atom. The highest BCUT2D eigenvalue weighted by molar-refractivity contribution is 7.98. The molecule has 0 bridgehead atoms. The Labute approximate surface area is 84.2 Å². The molecular formula is C9H15NS2. The molecule has 0 fully saturated rings. The van der Waals surface area contributed by atoms with Crippen LogP contribution in [0.2, 0.25) is 0 Å². The second-order valence-electron chi connectivity index (χ2n) is 2.12. The van der Waals surface area contributed by atoms with Crippen LogP contribution in [0.3, 0.4) is 0 Å². The normalized spacial score (nSPS) is 8.58. The molecule has 0 spiro atoms. The van der Waals surface area contributed by atoms with Gasteiger partial charge in [-0.3, -0.25) is 0 Å². The molecule has 68 valence electrons. The van der Waals surface area contributed by atoms with Gasteiger partial charge in [0.15, 0.2) is 0 Å². The van der Waals surface area contributed by atoms with E-state index in [-0.39, 0.29) is 0 Å². The van der Waals surface area contributed by atoms with Gasteiger partial charge in [-0.1, -0.05) is 18.2 Å². The Balaban J connectivity index is 0.000000217. The zero-order chi connectivity index (χ0) is 9.23. The lowest BCUT2D eigenvalue weighted by molar-refractivity contribution is 1.15. The summed E-state index contributed by atoms with van der Waals surface area (Å²) in [6.07, 6.45) is 2.05. The third kappa shape index (κ3) is 7.98. The van der Waals surface area contributed by atoms with Crippen molar-refractivity contribution in [1.29, 1.82) is 0 Å². The first-order valence-corrected chi connectivity index (χ1v) is 5.58. The highest BCUT2D eigenvalue weighted by Gasteiger charge is 1.73. The van der Waals surface area contributed by atoms with E-state index in [1.807, 2.05) is 36.6 Å². The van der Waals surface area contributed by atoms with Gasteiger partial charge in [0.25, 0.3) is 0 Å². The van der Waals surface area contributed by atoms with Gasteiger partial charge < -0.3 is 5.73 Å². The van der Waals surface area contributed by atoms with E-state index in [1.165, 1.54) is 0 Å². The van der Waals surface area contributed by atoms with Crippen molar-refractivity contribution < 1.29 is 0 Å². The molecule has 1 nitrogen and oxygen atoms in total. The second-order valence-corrected chi connectivity index (χ2v) is 3.62. The van der Waals surface area contributed by atoms with Crippen molar-refractivity contribution in [3.05, 3.63) is 30.3 Å². The van der Waals surface area contributed by atoms with Crippen LogP contribution < -0.4 is 5.73 Å². The quantitative estimate of drug-likeness (QED) is 0.718. The van der Waals surface area contributed by atoms with Gasteiger partial charge >= 0.3 is 0 Å². The van der Waals surface area contributed by atoms with Crippen LogP contribution in [-0.4, -0.2) is 18.6 Å². The fraction of sp³-hybridized carbons (Fsp3) is 0.333. The maximum atomic E-state index is 5.12. The summed E-state index contributed by atoms with van der Waals surface area (Å²) in [6, 6.07) is 9.79. The van der Waals surface area contributed by atoms with Crippen molar-refractivity contribution in [3.8, 4) is 0 Å². The van der Waals surface area contributed by atoms with Gasteiger partial charge in [-0.25, -0.2) is 0 Å². The number of hydrogen-bond acceptors (Lipinski definition) is 3. The van der Waals surface area contributed by atoms with Crippen LogP contribution in [0.4, 0.5) is 0 Å². The maximum Gasteiger partial charge on any atom is 0.00530 e. The first-order valence-electron chi connectivity index (χ1n) is 3.74. The largest absolute Gasteiger partial charge is 0.330 e. The van der Waals surface area contributed by atoms with E-state index >= 15 is 0 Å². The Bertz CT molecular complexity index is 175. The van der Waals surface area contributed by atoms with Crippen molar-refractivity contribution in [2.45, 2.75) is 4.90 Å². The molecule has 0 aliphatic heterocycles. The molecule has 1 rings (SSSR count). The van der Waals surface area contributed by atoms with Gasteiger partial charge in [0, 0.05) is 17.2 Å². The van der Waals surface area contributed by atoms with Gasteiger partial charge in [0.1, 0.15) is 0 Å². The number of rotatable bonds is 2. The van der Waals surface area contributed by atoms with E-state index in [1.54, 1.807) is 11.8 Å². The third-order valence-corrected chi connectivity index (χ3v) is 2.02. The Morgan fingerprint density at radius 1 is 1.33 bits per heavy atom. The lowest BCUT2D eigenvalue weighted by Crippen LogP contribution is -1.99. The first-order chi connectivity index (χ1) is 5.81. The zero-order valence-electron chi connectivity index (χ0n) is 7.23. The van der Waals surface area contributed by atoms with Crippen LogP contribution in [0.5, 0.6) is 0 Å². The summed E-state index contributed by atoms with van der Waals surface area (Å²) in [5.41, 5.74) is 5.12. The smallest absolute Gasteiger partial charge is 0.00530 e. The van der Waals surface area contributed by atoms with Crippen LogP contribution in [0, 0.1) is 0 Å². The summed E-state index contributed by atoms with van der Waals surface area (Å²) in [5, 5.41) is 0. The second kappa shape index (κ2) is 8.97. The lowest BCUT2D eigenvalue weighted by atomic mass is 10.4. The molecule has 0 aliphatic rings. The average Bonchev–Trinajstić information content (AvgIpc) is 2.08. The maximum absolute atomic E-state index is 5.12. The predicted molar refractivity (Wildman–Crippen MR) is 61.1 cm³/mol. The molecular weight excluding hydrogens is 186 g/mol. The average molecular weight is 201 g/mol. The highest BCUT2D eigenvalue weighted by Crippen LogP contribution is 2.00. The van der Waals surface area contributed by atoms with Crippen LogP contribution in [-0.2, 0) is 0 Å². The van der Waals surface area contributed by atoms with Crippen molar-refractivity contribution in [3.63, 3.8) is 0 Å². The molecule has 0 heterocycles. The van der Waals surface area contributed by atoms with Gasteiger partial charge in [-0.2, -0.15) is 11.8 Å². The molecule has 0 unspecified atom stereocenters. The SMILES string of the molecule is CSCCN.Sc1ccccc1. The molecule has 0 amide bonds. The Hall–Kier alpha value is -0.120. The first kappa shape index (κ1) is 11.9. The molecule has 0 atom stereocenters. The molecule has 0 saturated heterocycles. The Morgan fingerprint density at radius 3 is 2.08 bits per heavy atom. The van der Waals surface area contributed by atoms with Crippen molar-refractivity contribution in [1.82, 2.24) is 0 Å². The fourth-order valence-corrected chi connectivity index (χ4v) is 0.954. The molecule has 1 aromatic carbocycles. The van der Waals surface area contributed by atoms with Gasteiger partial charge in [0.05, 0.1) is 0 Å². The third-order valence-electron chi connectivity index (χ3n) is 1.08. The fourth-order valence-electron chi connectivity index (χ4n) is 0.546. The molecule has 2 N–H and O–H groups in total. The van der Waals surface area contributed by atoms with Crippen LogP contribution in [0.1, 0.15) is 0 Å². The van der Waals surface area contributed by atoms with E-state index in [4.69, 9.17) is 5.73 Å². The summed E-state index contributed by atoms with van der Waals surface area (Å²) in [7, 11) is 0. The summed E-state index contributed by atoms with van der Waals surface area (Å²) in [6.45, 7) is 0.807. The van der Waals surface area contributed by atoms with Gasteiger partial charge in [-0.05, 0) is 18.4 Å². The van der Waals surface area contributed by atoms with Crippen LogP contribution in [0.15, 0.2) is 35.2 Å². The molecule has 0 aromatic heterocycles. The number of nitrogens with two attached hydrogens (primary N) is 1. The molecule has 0 aliphatic carbocycles. The number of benzene rings is 1. The summed E-state index contributed by atoms with van der Waals surface area (Å²) >= 11 is 5.86. The molecule has 0 saturated carbocycles. The van der Waals surface area contributed by atoms with E-state index in [2.05, 4.69) is 12.6 Å². The minimum absolute atomic E-state index is 0.807.